The summed E-state index contributed by atoms with van der Waals surface area (Å²) in [5.41, 5.74) is 3.68. The minimum atomic E-state index is 0.361. The SMILES string of the molecule is CC1c2cc(Cl)c(Cl)cc2CCN1CCN1CCN(c2cccc(Cl)c2Cl)CC1. The van der Waals surface area contributed by atoms with Crippen LogP contribution in [0.3, 0.4) is 0 Å². The Morgan fingerprint density at radius 3 is 2.34 bits per heavy atom. The summed E-state index contributed by atoms with van der Waals surface area (Å²) in [6.07, 6.45) is 1.03. The van der Waals surface area contributed by atoms with Gasteiger partial charge in [0.1, 0.15) is 0 Å². The summed E-state index contributed by atoms with van der Waals surface area (Å²) in [6, 6.07) is 10.3. The molecule has 7 heteroatoms. The van der Waals surface area contributed by atoms with Crippen LogP contribution in [0, 0.1) is 0 Å². The number of piperazine rings is 1. The minimum absolute atomic E-state index is 0.361. The predicted octanol–water partition coefficient (Wildman–Crippen LogP) is 6.04. The molecule has 2 aromatic rings. The summed E-state index contributed by atoms with van der Waals surface area (Å²) in [6.45, 7) is 9.44. The van der Waals surface area contributed by atoms with Crippen LogP contribution < -0.4 is 4.90 Å². The molecule has 3 nitrogen and oxygen atoms in total. The van der Waals surface area contributed by atoms with Crippen molar-refractivity contribution in [2.75, 3.05) is 50.7 Å². The summed E-state index contributed by atoms with van der Waals surface area (Å²) in [7, 11) is 0. The van der Waals surface area contributed by atoms with E-state index in [1.807, 2.05) is 30.3 Å². The van der Waals surface area contributed by atoms with E-state index in [-0.39, 0.29) is 0 Å². The summed E-state index contributed by atoms with van der Waals surface area (Å²) in [4.78, 5) is 7.41. The molecule has 4 rings (SSSR count). The van der Waals surface area contributed by atoms with Gasteiger partial charge in [0.05, 0.1) is 25.8 Å². The topological polar surface area (TPSA) is 9.72 Å². The third-order valence-corrected chi connectivity index (χ3v) is 7.73. The standard InChI is InChI=1S/C22H25Cl4N3/c1-15-17-14-20(25)19(24)13-16(17)5-6-28(15)10-7-27-8-11-29(12-9-27)21-4-2-3-18(23)22(21)26/h2-4,13-15H,5-12H2,1H3. The Morgan fingerprint density at radius 2 is 1.59 bits per heavy atom. The molecule has 0 saturated carbocycles. The van der Waals surface area contributed by atoms with Crippen LogP contribution in [0.1, 0.15) is 24.1 Å². The molecular formula is C22H25Cl4N3. The van der Waals surface area contributed by atoms with Crippen molar-refractivity contribution in [3.63, 3.8) is 0 Å². The fourth-order valence-electron chi connectivity index (χ4n) is 4.39. The molecule has 0 radical (unpaired) electrons. The number of halogens is 4. The molecule has 1 saturated heterocycles. The number of nitrogens with zero attached hydrogens (tertiary/aromatic N) is 3. The second-order valence-corrected chi connectivity index (χ2v) is 9.43. The van der Waals surface area contributed by atoms with E-state index in [1.54, 1.807) is 0 Å². The largest absolute Gasteiger partial charge is 0.368 e. The highest BCUT2D eigenvalue weighted by molar-refractivity contribution is 6.43. The van der Waals surface area contributed by atoms with Crippen molar-refractivity contribution in [2.24, 2.45) is 0 Å². The van der Waals surface area contributed by atoms with Gasteiger partial charge in [-0.15, -0.1) is 0 Å². The lowest BCUT2D eigenvalue weighted by atomic mass is 9.93. The number of fused-ring (bicyclic) bond motifs is 1. The van der Waals surface area contributed by atoms with Crippen molar-refractivity contribution >= 4 is 52.1 Å². The summed E-state index contributed by atoms with van der Waals surface area (Å²) in [5.74, 6) is 0. The molecule has 29 heavy (non-hydrogen) atoms. The van der Waals surface area contributed by atoms with Crippen LogP contribution in [0.25, 0.3) is 0 Å². The molecule has 156 valence electrons. The number of rotatable bonds is 4. The fourth-order valence-corrected chi connectivity index (χ4v) is 5.16. The van der Waals surface area contributed by atoms with Gasteiger partial charge in [-0.2, -0.15) is 0 Å². The molecule has 2 aliphatic heterocycles. The Morgan fingerprint density at radius 1 is 0.862 bits per heavy atom. The van der Waals surface area contributed by atoms with Gasteiger partial charge >= 0.3 is 0 Å². The van der Waals surface area contributed by atoms with Gasteiger partial charge < -0.3 is 4.90 Å². The van der Waals surface area contributed by atoms with Crippen molar-refractivity contribution in [3.8, 4) is 0 Å². The van der Waals surface area contributed by atoms with Crippen molar-refractivity contribution < 1.29 is 0 Å². The molecule has 0 N–H and O–H groups in total. The molecule has 0 bridgehead atoms. The average molecular weight is 473 g/mol. The van der Waals surface area contributed by atoms with Crippen LogP contribution in [0.4, 0.5) is 5.69 Å². The Hall–Kier alpha value is -0.680. The Balaban J connectivity index is 1.32. The van der Waals surface area contributed by atoms with Crippen LogP contribution in [0.15, 0.2) is 30.3 Å². The first-order chi connectivity index (χ1) is 13.9. The van der Waals surface area contributed by atoms with Crippen LogP contribution in [0.5, 0.6) is 0 Å². The maximum atomic E-state index is 6.39. The molecule has 0 aromatic heterocycles. The third kappa shape index (κ3) is 4.66. The molecule has 0 spiro atoms. The molecule has 0 aliphatic carbocycles. The monoisotopic (exact) mass is 471 g/mol. The van der Waals surface area contributed by atoms with E-state index in [9.17, 15) is 0 Å². The number of hydrogen-bond donors (Lipinski definition) is 0. The van der Waals surface area contributed by atoms with Gasteiger partial charge in [0.25, 0.3) is 0 Å². The quantitative estimate of drug-likeness (QED) is 0.536. The van der Waals surface area contributed by atoms with Crippen molar-refractivity contribution in [2.45, 2.75) is 19.4 Å². The van der Waals surface area contributed by atoms with E-state index < -0.39 is 0 Å². The summed E-state index contributed by atoms with van der Waals surface area (Å²) in [5, 5.41) is 2.58. The number of hydrogen-bond acceptors (Lipinski definition) is 3. The summed E-state index contributed by atoms with van der Waals surface area (Å²) >= 11 is 25.0. The van der Waals surface area contributed by atoms with Gasteiger partial charge in [-0.1, -0.05) is 52.5 Å². The first-order valence-corrected chi connectivity index (χ1v) is 11.6. The van der Waals surface area contributed by atoms with Crippen LogP contribution in [-0.2, 0) is 6.42 Å². The van der Waals surface area contributed by atoms with E-state index >= 15 is 0 Å². The van der Waals surface area contributed by atoms with Gasteiger partial charge in [0.15, 0.2) is 0 Å². The van der Waals surface area contributed by atoms with E-state index in [1.165, 1.54) is 11.1 Å². The fraction of sp³-hybridized carbons (Fsp3) is 0.455. The number of anilines is 1. The molecule has 0 amide bonds. The van der Waals surface area contributed by atoms with E-state index in [0.717, 1.165) is 57.9 Å². The highest BCUT2D eigenvalue weighted by Crippen LogP contribution is 2.35. The van der Waals surface area contributed by atoms with E-state index in [0.29, 0.717) is 26.1 Å². The average Bonchev–Trinajstić information content (AvgIpc) is 2.72. The second kappa shape index (κ2) is 9.21. The normalized spacial score (nSPS) is 20.7. The van der Waals surface area contributed by atoms with E-state index in [4.69, 9.17) is 46.4 Å². The van der Waals surface area contributed by atoms with E-state index in [2.05, 4.69) is 21.6 Å². The molecule has 1 unspecified atom stereocenters. The van der Waals surface area contributed by atoms with Crippen molar-refractivity contribution in [3.05, 3.63) is 61.5 Å². The highest BCUT2D eigenvalue weighted by atomic mass is 35.5. The van der Waals surface area contributed by atoms with Gasteiger partial charge in [-0.05, 0) is 48.7 Å². The highest BCUT2D eigenvalue weighted by Gasteiger charge is 2.26. The van der Waals surface area contributed by atoms with Gasteiger partial charge in [-0.25, -0.2) is 0 Å². The van der Waals surface area contributed by atoms with Gasteiger partial charge in [0.2, 0.25) is 0 Å². The molecule has 1 atom stereocenters. The van der Waals surface area contributed by atoms with Crippen LogP contribution in [0.2, 0.25) is 20.1 Å². The van der Waals surface area contributed by atoms with Gasteiger partial charge in [-0.3, -0.25) is 9.80 Å². The Bertz CT molecular complexity index is 881. The first kappa shape index (κ1) is 21.5. The third-order valence-electron chi connectivity index (χ3n) is 6.20. The van der Waals surface area contributed by atoms with Gasteiger partial charge in [0, 0.05) is 51.9 Å². The molecule has 2 aliphatic rings. The molecular weight excluding hydrogens is 448 g/mol. The van der Waals surface area contributed by atoms with Crippen molar-refractivity contribution in [1.29, 1.82) is 0 Å². The second-order valence-electron chi connectivity index (χ2n) is 7.83. The lowest BCUT2D eigenvalue weighted by Crippen LogP contribution is -2.49. The lowest BCUT2D eigenvalue weighted by Gasteiger charge is -2.39. The maximum Gasteiger partial charge on any atom is 0.0825 e. The summed E-state index contributed by atoms with van der Waals surface area (Å²) < 4.78 is 0. The lowest BCUT2D eigenvalue weighted by molar-refractivity contribution is 0.156. The zero-order chi connectivity index (χ0) is 20.5. The molecule has 1 fully saturated rings. The first-order valence-electron chi connectivity index (χ1n) is 10.1. The molecule has 2 aromatic carbocycles. The zero-order valence-corrected chi connectivity index (χ0v) is 19.5. The minimum Gasteiger partial charge on any atom is -0.368 e. The van der Waals surface area contributed by atoms with Crippen LogP contribution in [-0.4, -0.2) is 55.6 Å². The van der Waals surface area contributed by atoms with Crippen LogP contribution >= 0.6 is 46.4 Å². The van der Waals surface area contributed by atoms with Crippen molar-refractivity contribution in [1.82, 2.24) is 9.80 Å². The zero-order valence-electron chi connectivity index (χ0n) is 16.5. The number of benzene rings is 2. The Kier molecular flexibility index (Phi) is 6.85. The Labute approximate surface area is 193 Å². The molecule has 2 heterocycles. The smallest absolute Gasteiger partial charge is 0.0825 e. The predicted molar refractivity (Wildman–Crippen MR) is 125 cm³/mol. The maximum absolute atomic E-state index is 6.39.